The van der Waals surface area contributed by atoms with Gasteiger partial charge >= 0.3 is 0 Å². The lowest BCUT2D eigenvalue weighted by Gasteiger charge is -2.33. The van der Waals surface area contributed by atoms with E-state index < -0.39 is 14.4 Å². The minimum atomic E-state index is -1.93. The SMILES string of the molecule is CC[Si](CC)(CC)O[C@H](C(=O)c1ccccc1)c1ccc(OC)cc1. The van der Waals surface area contributed by atoms with Crippen LogP contribution in [0, 0.1) is 0 Å². The number of hydrogen-bond acceptors (Lipinski definition) is 3. The smallest absolute Gasteiger partial charge is 0.194 e. The maximum atomic E-state index is 13.2. The molecular formula is C21H28O3Si. The molecule has 0 fully saturated rings. The topological polar surface area (TPSA) is 35.5 Å². The molecule has 0 aliphatic heterocycles. The lowest BCUT2D eigenvalue weighted by Crippen LogP contribution is -2.39. The third-order valence-corrected chi connectivity index (χ3v) is 9.62. The van der Waals surface area contributed by atoms with Crippen LogP contribution in [-0.2, 0) is 4.43 Å². The summed E-state index contributed by atoms with van der Waals surface area (Å²) in [4.78, 5) is 13.2. The van der Waals surface area contributed by atoms with E-state index in [1.807, 2.05) is 54.6 Å². The average Bonchev–Trinajstić information content (AvgIpc) is 2.70. The van der Waals surface area contributed by atoms with Gasteiger partial charge in [-0.25, -0.2) is 0 Å². The molecule has 0 bridgehead atoms. The van der Waals surface area contributed by atoms with Gasteiger partial charge in [-0.05, 0) is 35.8 Å². The average molecular weight is 357 g/mol. The second kappa shape index (κ2) is 8.97. The molecular weight excluding hydrogens is 328 g/mol. The van der Waals surface area contributed by atoms with Crippen molar-refractivity contribution in [3.05, 3.63) is 65.7 Å². The largest absolute Gasteiger partial charge is 0.497 e. The van der Waals surface area contributed by atoms with Crippen LogP contribution in [-0.4, -0.2) is 21.2 Å². The van der Waals surface area contributed by atoms with Crippen molar-refractivity contribution < 1.29 is 14.0 Å². The van der Waals surface area contributed by atoms with Crippen molar-refractivity contribution in [1.82, 2.24) is 0 Å². The van der Waals surface area contributed by atoms with Crippen LogP contribution in [0.4, 0.5) is 0 Å². The molecule has 25 heavy (non-hydrogen) atoms. The van der Waals surface area contributed by atoms with Crippen molar-refractivity contribution in [3.8, 4) is 5.75 Å². The van der Waals surface area contributed by atoms with E-state index in [9.17, 15) is 4.79 Å². The van der Waals surface area contributed by atoms with Crippen molar-refractivity contribution >= 4 is 14.1 Å². The number of carbonyl (C=O) groups is 1. The molecule has 0 aliphatic rings. The molecule has 0 amide bonds. The first kappa shape index (κ1) is 19.4. The van der Waals surface area contributed by atoms with Gasteiger partial charge in [0.2, 0.25) is 0 Å². The van der Waals surface area contributed by atoms with Crippen LogP contribution in [0.15, 0.2) is 54.6 Å². The van der Waals surface area contributed by atoms with Crippen LogP contribution in [0.5, 0.6) is 5.75 Å². The Kier molecular flexibility index (Phi) is 6.97. The lowest BCUT2D eigenvalue weighted by molar-refractivity contribution is 0.0772. The first-order valence-electron chi connectivity index (χ1n) is 9.00. The number of ketones is 1. The Hall–Kier alpha value is -1.91. The van der Waals surface area contributed by atoms with Crippen molar-refractivity contribution in [1.29, 1.82) is 0 Å². The fourth-order valence-electron chi connectivity index (χ4n) is 3.06. The molecule has 3 nitrogen and oxygen atoms in total. The summed E-state index contributed by atoms with van der Waals surface area (Å²) in [6.45, 7) is 6.53. The van der Waals surface area contributed by atoms with Gasteiger partial charge in [0.1, 0.15) is 11.9 Å². The van der Waals surface area contributed by atoms with Crippen LogP contribution in [0.3, 0.4) is 0 Å². The highest BCUT2D eigenvalue weighted by Crippen LogP contribution is 2.32. The van der Waals surface area contributed by atoms with Gasteiger partial charge in [-0.1, -0.05) is 63.2 Å². The minimum Gasteiger partial charge on any atom is -0.497 e. The third-order valence-electron chi connectivity index (χ3n) is 5.02. The summed E-state index contributed by atoms with van der Waals surface area (Å²) in [5.74, 6) is 0.803. The van der Waals surface area contributed by atoms with Gasteiger partial charge < -0.3 is 9.16 Å². The van der Waals surface area contributed by atoms with E-state index in [1.165, 1.54) is 0 Å². The molecule has 0 unspecified atom stereocenters. The van der Waals surface area contributed by atoms with Crippen molar-refractivity contribution in [2.75, 3.05) is 7.11 Å². The van der Waals surface area contributed by atoms with E-state index in [0.29, 0.717) is 5.56 Å². The van der Waals surface area contributed by atoms with Crippen molar-refractivity contribution in [2.24, 2.45) is 0 Å². The maximum Gasteiger partial charge on any atom is 0.194 e. The molecule has 0 aliphatic carbocycles. The molecule has 2 aromatic rings. The fourth-order valence-corrected chi connectivity index (χ4v) is 5.80. The number of ether oxygens (including phenoxy) is 1. The summed E-state index contributed by atoms with van der Waals surface area (Å²) >= 11 is 0. The van der Waals surface area contributed by atoms with Gasteiger partial charge in [0.15, 0.2) is 14.1 Å². The zero-order valence-corrected chi connectivity index (χ0v) is 16.6. The van der Waals surface area contributed by atoms with E-state index in [1.54, 1.807) is 7.11 Å². The molecule has 0 N–H and O–H groups in total. The summed E-state index contributed by atoms with van der Waals surface area (Å²) in [7, 11) is -0.293. The zero-order valence-electron chi connectivity index (χ0n) is 15.6. The Labute approximate surface area is 152 Å². The highest BCUT2D eigenvalue weighted by Gasteiger charge is 2.35. The molecule has 0 heterocycles. The third kappa shape index (κ3) is 4.59. The lowest BCUT2D eigenvalue weighted by atomic mass is 10.00. The molecule has 1 atom stereocenters. The molecule has 0 spiro atoms. The molecule has 4 heteroatoms. The summed E-state index contributed by atoms with van der Waals surface area (Å²) in [5.41, 5.74) is 1.58. The number of rotatable bonds is 9. The fraction of sp³-hybridized carbons (Fsp3) is 0.381. The van der Waals surface area contributed by atoms with E-state index in [-0.39, 0.29) is 5.78 Å². The molecule has 2 rings (SSSR count). The summed E-state index contributed by atoms with van der Waals surface area (Å²) in [6.07, 6.45) is -0.556. The highest BCUT2D eigenvalue weighted by molar-refractivity contribution is 6.73. The Balaban J connectivity index is 2.41. The van der Waals surface area contributed by atoms with Crippen LogP contribution in [0.25, 0.3) is 0 Å². The van der Waals surface area contributed by atoms with Gasteiger partial charge in [-0.15, -0.1) is 0 Å². The maximum absolute atomic E-state index is 13.2. The molecule has 0 saturated heterocycles. The Morgan fingerprint density at radius 3 is 1.96 bits per heavy atom. The molecule has 2 aromatic carbocycles. The van der Waals surface area contributed by atoms with E-state index in [0.717, 1.165) is 29.4 Å². The van der Waals surface area contributed by atoms with Crippen LogP contribution in [0.1, 0.15) is 42.8 Å². The minimum absolute atomic E-state index is 0.0259. The highest BCUT2D eigenvalue weighted by atomic mass is 28.4. The quantitative estimate of drug-likeness (QED) is 0.431. The van der Waals surface area contributed by atoms with Crippen molar-refractivity contribution in [2.45, 2.75) is 45.0 Å². The predicted molar refractivity (Wildman–Crippen MR) is 105 cm³/mol. The normalized spacial score (nSPS) is 12.6. The van der Waals surface area contributed by atoms with E-state index >= 15 is 0 Å². The van der Waals surface area contributed by atoms with Gasteiger partial charge in [-0.2, -0.15) is 0 Å². The Bertz CT molecular complexity index is 655. The standard InChI is InChI=1S/C21H28O3Si/c1-5-25(6-2,7-3)24-21(18-13-15-19(23-4)16-14-18)20(22)17-11-9-8-10-12-17/h8-16,21H,5-7H2,1-4H3/t21-/m0/s1. The number of Topliss-reactive ketones (excluding diaryl/α,β-unsaturated/α-hetero) is 1. The van der Waals surface area contributed by atoms with Crippen molar-refractivity contribution in [3.63, 3.8) is 0 Å². The first-order chi connectivity index (χ1) is 12.1. The van der Waals surface area contributed by atoms with Crippen LogP contribution >= 0.6 is 0 Å². The summed E-state index contributed by atoms with van der Waals surface area (Å²) in [5, 5.41) is 0. The molecule has 0 radical (unpaired) electrons. The number of hydrogen-bond donors (Lipinski definition) is 0. The predicted octanol–water partition coefficient (Wildman–Crippen LogP) is 5.64. The number of methoxy groups -OCH3 is 1. The summed E-state index contributed by atoms with van der Waals surface area (Å²) < 4.78 is 11.9. The Morgan fingerprint density at radius 2 is 1.48 bits per heavy atom. The number of benzene rings is 2. The van der Waals surface area contributed by atoms with E-state index in [4.69, 9.17) is 9.16 Å². The number of carbonyl (C=O) groups excluding carboxylic acids is 1. The van der Waals surface area contributed by atoms with Gasteiger partial charge in [0.25, 0.3) is 0 Å². The summed E-state index contributed by atoms with van der Waals surface area (Å²) in [6, 6.07) is 20.1. The Morgan fingerprint density at radius 1 is 0.920 bits per heavy atom. The van der Waals surface area contributed by atoms with Gasteiger partial charge in [0, 0.05) is 5.56 Å². The molecule has 134 valence electrons. The zero-order chi connectivity index (χ0) is 18.3. The van der Waals surface area contributed by atoms with E-state index in [2.05, 4.69) is 20.8 Å². The molecule has 0 saturated carbocycles. The van der Waals surface area contributed by atoms with Gasteiger partial charge in [-0.3, -0.25) is 4.79 Å². The van der Waals surface area contributed by atoms with Gasteiger partial charge in [0.05, 0.1) is 7.11 Å². The second-order valence-electron chi connectivity index (χ2n) is 6.24. The van der Waals surface area contributed by atoms with Crippen LogP contribution in [0.2, 0.25) is 18.1 Å². The first-order valence-corrected chi connectivity index (χ1v) is 11.5. The van der Waals surface area contributed by atoms with Crippen LogP contribution < -0.4 is 4.74 Å². The second-order valence-corrected chi connectivity index (χ2v) is 11.0. The monoisotopic (exact) mass is 356 g/mol. The molecule has 0 aromatic heterocycles.